The Morgan fingerprint density at radius 1 is 0.714 bits per heavy atom. The van der Waals surface area contributed by atoms with E-state index < -0.39 is 0 Å². The third kappa shape index (κ3) is 2.10. The summed E-state index contributed by atoms with van der Waals surface area (Å²) in [5.74, 6) is 0. The fraction of sp³-hybridized carbons (Fsp3) is 0. The molecule has 102 valence electrons. The highest BCUT2D eigenvalue weighted by atomic mass is 15.2. The molecule has 3 heterocycles. The number of H-pyrrole nitrogens is 2. The van der Waals surface area contributed by atoms with Crippen LogP contribution in [0.4, 0.5) is 0 Å². The molecule has 0 radical (unpaired) electrons. The van der Waals surface area contributed by atoms with Crippen molar-refractivity contribution >= 4 is 0 Å². The fourth-order valence-electron chi connectivity index (χ4n) is 2.25. The SMILES string of the molecule is c1n[nH]cc1-c1cc(-c2cn[nH]c2)cc(-n2cnnc2)c1. The standard InChI is InChI=1S/C14H11N7/c1-10(12-4-15-16-5-12)2-14(21-8-19-20-9-21)3-11(1)13-6-17-18-7-13/h1-9H,(H,15,16)(H,17,18). The van der Waals surface area contributed by atoms with Gasteiger partial charge in [-0.3, -0.25) is 14.8 Å². The van der Waals surface area contributed by atoms with E-state index in [9.17, 15) is 0 Å². The summed E-state index contributed by atoms with van der Waals surface area (Å²) in [5.41, 5.74) is 5.15. The van der Waals surface area contributed by atoms with E-state index in [1.165, 1.54) is 0 Å². The third-order valence-electron chi connectivity index (χ3n) is 3.30. The molecule has 4 aromatic rings. The highest BCUT2D eigenvalue weighted by Gasteiger charge is 2.08. The molecule has 0 saturated carbocycles. The monoisotopic (exact) mass is 277 g/mol. The number of nitrogens with zero attached hydrogens (tertiary/aromatic N) is 5. The molecule has 1 aromatic carbocycles. The van der Waals surface area contributed by atoms with Crippen molar-refractivity contribution in [2.24, 2.45) is 0 Å². The Kier molecular flexibility index (Phi) is 2.60. The molecule has 4 rings (SSSR count). The Bertz CT molecular complexity index is 703. The van der Waals surface area contributed by atoms with Crippen molar-refractivity contribution in [3.8, 4) is 27.9 Å². The van der Waals surface area contributed by atoms with Crippen LogP contribution in [0.3, 0.4) is 0 Å². The van der Waals surface area contributed by atoms with Gasteiger partial charge in [-0.2, -0.15) is 10.2 Å². The summed E-state index contributed by atoms with van der Waals surface area (Å²) in [4.78, 5) is 0. The number of aromatic amines is 2. The largest absolute Gasteiger partial charge is 0.288 e. The van der Waals surface area contributed by atoms with Crippen molar-refractivity contribution in [1.29, 1.82) is 0 Å². The minimum absolute atomic E-state index is 0.981. The quantitative estimate of drug-likeness (QED) is 0.600. The Hall–Kier alpha value is -3.22. The van der Waals surface area contributed by atoms with Crippen LogP contribution in [-0.4, -0.2) is 35.2 Å². The van der Waals surface area contributed by atoms with Gasteiger partial charge in [-0.15, -0.1) is 10.2 Å². The summed E-state index contributed by atoms with van der Waals surface area (Å²) >= 11 is 0. The molecule has 2 N–H and O–H groups in total. The van der Waals surface area contributed by atoms with Crippen LogP contribution in [0, 0.1) is 0 Å². The molecule has 7 nitrogen and oxygen atoms in total. The van der Waals surface area contributed by atoms with E-state index >= 15 is 0 Å². The van der Waals surface area contributed by atoms with Crippen molar-refractivity contribution in [3.05, 3.63) is 55.6 Å². The summed E-state index contributed by atoms with van der Waals surface area (Å²) in [7, 11) is 0. The Morgan fingerprint density at radius 3 is 1.76 bits per heavy atom. The first-order valence-electron chi connectivity index (χ1n) is 6.38. The first kappa shape index (κ1) is 11.6. The molecule has 0 unspecified atom stereocenters. The molecule has 0 aliphatic rings. The van der Waals surface area contributed by atoms with Gasteiger partial charge in [-0.1, -0.05) is 0 Å². The molecule has 0 spiro atoms. The molecular formula is C14H11N7. The van der Waals surface area contributed by atoms with Crippen LogP contribution < -0.4 is 0 Å². The maximum Gasteiger partial charge on any atom is 0.123 e. The van der Waals surface area contributed by atoms with Gasteiger partial charge in [0.25, 0.3) is 0 Å². The van der Waals surface area contributed by atoms with Crippen LogP contribution in [0.15, 0.2) is 55.6 Å². The summed E-state index contributed by atoms with van der Waals surface area (Å²) < 4.78 is 1.87. The number of benzene rings is 1. The highest BCUT2D eigenvalue weighted by Crippen LogP contribution is 2.28. The van der Waals surface area contributed by atoms with Gasteiger partial charge >= 0.3 is 0 Å². The van der Waals surface area contributed by atoms with Crippen molar-refractivity contribution < 1.29 is 0 Å². The second-order valence-corrected chi connectivity index (χ2v) is 4.61. The molecule has 0 amide bonds. The van der Waals surface area contributed by atoms with E-state index in [1.807, 2.05) is 17.0 Å². The van der Waals surface area contributed by atoms with Crippen molar-refractivity contribution in [2.45, 2.75) is 0 Å². The average molecular weight is 277 g/mol. The van der Waals surface area contributed by atoms with Gasteiger partial charge in [0, 0.05) is 29.2 Å². The van der Waals surface area contributed by atoms with Crippen molar-refractivity contribution in [2.75, 3.05) is 0 Å². The van der Waals surface area contributed by atoms with E-state index in [2.05, 4.69) is 48.8 Å². The van der Waals surface area contributed by atoms with Crippen LogP contribution in [0.2, 0.25) is 0 Å². The van der Waals surface area contributed by atoms with Gasteiger partial charge in [-0.25, -0.2) is 0 Å². The van der Waals surface area contributed by atoms with Gasteiger partial charge in [0.15, 0.2) is 0 Å². The van der Waals surface area contributed by atoms with E-state index in [0.717, 1.165) is 27.9 Å². The van der Waals surface area contributed by atoms with Gasteiger partial charge in [0.2, 0.25) is 0 Å². The van der Waals surface area contributed by atoms with Crippen molar-refractivity contribution in [3.63, 3.8) is 0 Å². The van der Waals surface area contributed by atoms with Gasteiger partial charge in [0.1, 0.15) is 12.7 Å². The van der Waals surface area contributed by atoms with Crippen molar-refractivity contribution in [1.82, 2.24) is 35.2 Å². The minimum Gasteiger partial charge on any atom is -0.288 e. The molecule has 21 heavy (non-hydrogen) atoms. The Morgan fingerprint density at radius 2 is 1.29 bits per heavy atom. The second kappa shape index (κ2) is 4.71. The first-order valence-corrected chi connectivity index (χ1v) is 6.38. The second-order valence-electron chi connectivity index (χ2n) is 4.61. The lowest BCUT2D eigenvalue weighted by molar-refractivity contribution is 1.06. The molecule has 0 fully saturated rings. The summed E-state index contributed by atoms with van der Waals surface area (Å²) in [5, 5.41) is 21.4. The van der Waals surface area contributed by atoms with E-state index in [0.29, 0.717) is 0 Å². The number of aromatic nitrogens is 7. The number of rotatable bonds is 3. The average Bonchev–Trinajstić information content (AvgIpc) is 3.29. The zero-order chi connectivity index (χ0) is 14.1. The normalized spacial score (nSPS) is 10.9. The lowest BCUT2D eigenvalue weighted by Gasteiger charge is -2.08. The zero-order valence-corrected chi connectivity index (χ0v) is 10.9. The van der Waals surface area contributed by atoms with E-state index in [-0.39, 0.29) is 0 Å². The smallest absolute Gasteiger partial charge is 0.123 e. The number of hydrogen-bond donors (Lipinski definition) is 2. The molecule has 0 aliphatic carbocycles. The minimum atomic E-state index is 0.981. The van der Waals surface area contributed by atoms with E-state index in [1.54, 1.807) is 25.0 Å². The lowest BCUT2D eigenvalue weighted by Crippen LogP contribution is -1.92. The molecular weight excluding hydrogens is 266 g/mol. The van der Waals surface area contributed by atoms with Crippen LogP contribution in [-0.2, 0) is 0 Å². The molecule has 0 saturated heterocycles. The maximum absolute atomic E-state index is 4.01. The molecule has 0 atom stereocenters. The summed E-state index contributed by atoms with van der Waals surface area (Å²) in [6.07, 6.45) is 10.7. The van der Waals surface area contributed by atoms with Gasteiger partial charge in [-0.05, 0) is 29.3 Å². The zero-order valence-electron chi connectivity index (χ0n) is 10.9. The first-order chi connectivity index (χ1) is 10.4. The van der Waals surface area contributed by atoms with E-state index in [4.69, 9.17) is 0 Å². The summed E-state index contributed by atoms with van der Waals surface area (Å²) in [6, 6.07) is 6.24. The molecule has 0 aliphatic heterocycles. The predicted molar refractivity (Wildman–Crippen MR) is 76.5 cm³/mol. The Labute approximate surface area is 119 Å². The number of nitrogens with one attached hydrogen (secondary N) is 2. The van der Waals surface area contributed by atoms with Gasteiger partial charge in [0.05, 0.1) is 12.4 Å². The lowest BCUT2D eigenvalue weighted by atomic mass is 10.0. The molecule has 0 bridgehead atoms. The Balaban J connectivity index is 1.92. The highest BCUT2D eigenvalue weighted by molar-refractivity contribution is 5.75. The number of hydrogen-bond acceptors (Lipinski definition) is 4. The van der Waals surface area contributed by atoms with Crippen LogP contribution >= 0.6 is 0 Å². The third-order valence-corrected chi connectivity index (χ3v) is 3.30. The topological polar surface area (TPSA) is 88.1 Å². The molecule has 3 aromatic heterocycles. The summed E-state index contributed by atoms with van der Waals surface area (Å²) in [6.45, 7) is 0. The van der Waals surface area contributed by atoms with Crippen LogP contribution in [0.25, 0.3) is 27.9 Å². The predicted octanol–water partition coefficient (Wildman–Crippen LogP) is 2.05. The maximum atomic E-state index is 4.01. The molecule has 7 heteroatoms. The fourth-order valence-corrected chi connectivity index (χ4v) is 2.25. The van der Waals surface area contributed by atoms with Gasteiger partial charge < -0.3 is 0 Å². The van der Waals surface area contributed by atoms with Crippen LogP contribution in [0.1, 0.15) is 0 Å². The van der Waals surface area contributed by atoms with Crippen LogP contribution in [0.5, 0.6) is 0 Å².